The van der Waals surface area contributed by atoms with Crippen LogP contribution in [0.25, 0.3) is 27.7 Å². The second-order valence-electron chi connectivity index (χ2n) is 10.3. The molecule has 4 aromatic rings. The van der Waals surface area contributed by atoms with E-state index in [1.165, 1.54) is 18.2 Å². The minimum atomic E-state index is -1.27. The molecule has 8 nitrogen and oxygen atoms in total. The van der Waals surface area contributed by atoms with Crippen molar-refractivity contribution in [1.82, 2.24) is 14.6 Å². The molecular weight excluding hydrogens is 601 g/mol. The lowest BCUT2D eigenvalue weighted by Gasteiger charge is -2.30. The van der Waals surface area contributed by atoms with Crippen LogP contribution < -0.4 is 5.11 Å². The van der Waals surface area contributed by atoms with Gasteiger partial charge in [0.2, 0.25) is 5.91 Å². The lowest BCUT2D eigenvalue weighted by molar-refractivity contribution is -0.297. The number of aliphatic carboxylic acids is 1. The predicted octanol–water partition coefficient (Wildman–Crippen LogP) is 5.92. The first kappa shape index (κ1) is 28.3. The summed E-state index contributed by atoms with van der Waals surface area (Å²) in [6.07, 6.45) is 6.34. The van der Waals surface area contributed by atoms with Gasteiger partial charge in [0.25, 0.3) is 5.91 Å². The van der Waals surface area contributed by atoms with Gasteiger partial charge in [-0.2, -0.15) is 0 Å². The molecule has 2 aliphatic rings. The van der Waals surface area contributed by atoms with E-state index in [1.807, 2.05) is 12.1 Å². The molecule has 1 amide bonds. The zero-order chi connectivity index (χ0) is 29.7. The van der Waals surface area contributed by atoms with E-state index in [4.69, 9.17) is 39.3 Å². The molecule has 11 heteroatoms. The van der Waals surface area contributed by atoms with Crippen molar-refractivity contribution in [2.45, 2.75) is 31.6 Å². The molecule has 0 radical (unpaired) electrons. The SMILES string of the molecule is C=CC(=O)N1CCC(c2onc(-c3c(Cl)cc(Cl)cc3Cl)c2C(=O)n2cc3c4c(cccc42)/C(=C/C(=O)[O-])CC3)CC1. The van der Waals surface area contributed by atoms with E-state index in [0.717, 1.165) is 22.6 Å². The van der Waals surface area contributed by atoms with Crippen molar-refractivity contribution in [1.29, 1.82) is 0 Å². The van der Waals surface area contributed by atoms with Crippen LogP contribution >= 0.6 is 34.8 Å². The number of nitrogens with zero attached hydrogens (tertiary/aromatic N) is 3. The Balaban J connectivity index is 1.51. The third-order valence-electron chi connectivity index (χ3n) is 7.96. The minimum Gasteiger partial charge on any atom is -0.545 e. The highest BCUT2D eigenvalue weighted by Gasteiger charge is 2.35. The third-order valence-corrected chi connectivity index (χ3v) is 8.77. The Hall–Kier alpha value is -3.85. The molecule has 0 spiro atoms. The Morgan fingerprint density at radius 1 is 1.07 bits per heavy atom. The van der Waals surface area contributed by atoms with Crippen LogP contribution in [0.3, 0.4) is 0 Å². The molecule has 1 aliphatic carbocycles. The highest BCUT2D eigenvalue weighted by Crippen LogP contribution is 2.43. The van der Waals surface area contributed by atoms with Crippen molar-refractivity contribution in [3.63, 3.8) is 0 Å². The second-order valence-corrected chi connectivity index (χ2v) is 11.6. The van der Waals surface area contributed by atoms with Crippen LogP contribution in [0.5, 0.6) is 0 Å². The van der Waals surface area contributed by atoms with Gasteiger partial charge >= 0.3 is 0 Å². The van der Waals surface area contributed by atoms with E-state index in [2.05, 4.69) is 11.7 Å². The number of halogens is 3. The summed E-state index contributed by atoms with van der Waals surface area (Å²) in [5.74, 6) is -1.63. The van der Waals surface area contributed by atoms with Crippen molar-refractivity contribution < 1.29 is 24.0 Å². The smallest absolute Gasteiger partial charge is 0.268 e. The van der Waals surface area contributed by atoms with Crippen molar-refractivity contribution in [3.8, 4) is 11.3 Å². The molecule has 42 heavy (non-hydrogen) atoms. The van der Waals surface area contributed by atoms with Crippen LogP contribution in [0.4, 0.5) is 0 Å². The van der Waals surface area contributed by atoms with Gasteiger partial charge in [0, 0.05) is 41.2 Å². The van der Waals surface area contributed by atoms with E-state index in [1.54, 1.807) is 21.7 Å². The largest absolute Gasteiger partial charge is 0.545 e. The molecule has 1 saturated heterocycles. The first-order valence-corrected chi connectivity index (χ1v) is 14.5. The average molecular weight is 624 g/mol. The normalized spacial score (nSPS) is 16.3. The molecule has 2 aromatic carbocycles. The van der Waals surface area contributed by atoms with Gasteiger partial charge < -0.3 is 19.3 Å². The van der Waals surface area contributed by atoms with Crippen molar-refractivity contribution in [3.05, 3.63) is 92.8 Å². The molecule has 3 heterocycles. The number of aryl methyl sites for hydroxylation is 1. The maximum Gasteiger partial charge on any atom is 0.268 e. The third kappa shape index (κ3) is 4.83. The zero-order valence-corrected chi connectivity index (χ0v) is 24.4. The summed E-state index contributed by atoms with van der Waals surface area (Å²) >= 11 is 19.3. The Kier molecular flexibility index (Phi) is 7.47. The van der Waals surface area contributed by atoms with Gasteiger partial charge in [0.05, 0.1) is 21.5 Å². The minimum absolute atomic E-state index is 0.150. The predicted molar refractivity (Wildman–Crippen MR) is 159 cm³/mol. The number of amides is 1. The summed E-state index contributed by atoms with van der Waals surface area (Å²) in [6, 6.07) is 8.49. The van der Waals surface area contributed by atoms with Crippen LogP contribution in [0.1, 0.15) is 52.4 Å². The molecule has 0 atom stereocenters. The number of carboxylic acids is 1. The number of rotatable bonds is 5. The fraction of sp³-hybridized carbons (Fsp3) is 0.226. The van der Waals surface area contributed by atoms with E-state index in [0.29, 0.717) is 66.2 Å². The van der Waals surface area contributed by atoms with Gasteiger partial charge in [-0.15, -0.1) is 0 Å². The Morgan fingerprint density at radius 3 is 2.45 bits per heavy atom. The van der Waals surface area contributed by atoms with E-state index >= 15 is 0 Å². The number of piperidine rings is 1. The number of aromatic nitrogens is 2. The average Bonchev–Trinajstić information content (AvgIpc) is 3.56. The number of hydrogen-bond donors (Lipinski definition) is 0. The number of hydrogen-bond acceptors (Lipinski definition) is 6. The highest BCUT2D eigenvalue weighted by molar-refractivity contribution is 6.42. The second kappa shape index (κ2) is 11.1. The van der Waals surface area contributed by atoms with Gasteiger partial charge in [0.1, 0.15) is 11.3 Å². The monoisotopic (exact) mass is 622 g/mol. The van der Waals surface area contributed by atoms with Crippen LogP contribution in [0.2, 0.25) is 15.1 Å². The molecule has 2 aromatic heterocycles. The number of benzene rings is 2. The fourth-order valence-corrected chi connectivity index (χ4v) is 7.02. The van der Waals surface area contributed by atoms with Gasteiger partial charge in [-0.05, 0) is 72.7 Å². The summed E-state index contributed by atoms with van der Waals surface area (Å²) in [5, 5.41) is 17.2. The Morgan fingerprint density at radius 2 is 1.79 bits per heavy atom. The van der Waals surface area contributed by atoms with Gasteiger partial charge in [0.15, 0.2) is 5.76 Å². The highest BCUT2D eigenvalue weighted by atomic mass is 35.5. The fourth-order valence-electron chi connectivity index (χ4n) is 6.03. The van der Waals surface area contributed by atoms with Crippen molar-refractivity contribution in [2.75, 3.05) is 13.1 Å². The molecule has 1 aliphatic heterocycles. The number of carboxylic acid groups (broad SMARTS) is 1. The molecule has 0 unspecified atom stereocenters. The molecule has 6 rings (SSSR count). The maximum atomic E-state index is 14.6. The van der Waals surface area contributed by atoms with E-state index in [9.17, 15) is 19.5 Å². The lowest BCUT2D eigenvalue weighted by atomic mass is 9.88. The first-order valence-electron chi connectivity index (χ1n) is 13.3. The number of carbonyl (C=O) groups excluding carboxylic acids is 3. The standard InChI is InChI=1S/C31H24Cl3N3O5/c1-2-24(38)36-10-8-16(9-11-36)30-28(29(35-42-30)27-21(33)13-19(32)14-22(27)34)31(41)37-15-18-7-6-17(12-25(39)40)20-4-3-5-23(37)26(18)20/h2-5,12-16H,1,6-11H2,(H,39,40)/p-1/b17-12+. The zero-order valence-electron chi connectivity index (χ0n) is 22.2. The van der Waals surface area contributed by atoms with Crippen molar-refractivity contribution in [2.24, 2.45) is 0 Å². The van der Waals surface area contributed by atoms with E-state index in [-0.39, 0.29) is 33.1 Å². The summed E-state index contributed by atoms with van der Waals surface area (Å²) < 4.78 is 7.44. The Labute approximate surface area is 255 Å². The first-order chi connectivity index (χ1) is 20.2. The lowest BCUT2D eigenvalue weighted by Crippen LogP contribution is -2.37. The number of likely N-dealkylation sites (tertiary alicyclic amines) is 1. The summed E-state index contributed by atoms with van der Waals surface area (Å²) in [5.41, 5.74) is 3.66. The molecule has 0 bridgehead atoms. The molecule has 214 valence electrons. The van der Waals surface area contributed by atoms with Gasteiger partial charge in [-0.3, -0.25) is 14.2 Å². The quantitative estimate of drug-likeness (QED) is 0.256. The van der Waals surface area contributed by atoms with Gasteiger partial charge in [-0.25, -0.2) is 0 Å². The van der Waals surface area contributed by atoms with Crippen LogP contribution in [-0.4, -0.2) is 45.5 Å². The summed E-state index contributed by atoms with van der Waals surface area (Å²) in [7, 11) is 0. The van der Waals surface area contributed by atoms with E-state index < -0.39 is 11.9 Å². The summed E-state index contributed by atoms with van der Waals surface area (Å²) in [6.45, 7) is 4.50. The molecule has 1 fully saturated rings. The summed E-state index contributed by atoms with van der Waals surface area (Å²) in [4.78, 5) is 39.8. The molecule has 0 saturated carbocycles. The molecular formula is C31H23Cl3N3O5-. The van der Waals surface area contributed by atoms with Crippen LogP contribution in [0.15, 0.2) is 59.8 Å². The molecule has 0 N–H and O–H groups in total. The van der Waals surface area contributed by atoms with Crippen LogP contribution in [-0.2, 0) is 16.0 Å². The Bertz CT molecular complexity index is 1810. The van der Waals surface area contributed by atoms with Gasteiger partial charge in [-0.1, -0.05) is 58.7 Å². The topological polar surface area (TPSA) is 108 Å². The van der Waals surface area contributed by atoms with Crippen molar-refractivity contribution >= 4 is 69.1 Å². The number of carbonyl (C=O) groups is 3. The number of allylic oxidation sites excluding steroid dienone is 1. The van der Waals surface area contributed by atoms with Crippen LogP contribution in [0, 0.1) is 0 Å². The maximum absolute atomic E-state index is 14.6.